The number of aliphatic hydroxyl groups excluding tert-OH is 1. The van der Waals surface area contributed by atoms with Crippen LogP contribution in [0.3, 0.4) is 0 Å². The van der Waals surface area contributed by atoms with Crippen LogP contribution in [0, 0.1) is 5.92 Å². The first kappa shape index (κ1) is 18.1. The molecule has 0 radical (unpaired) electrons. The highest BCUT2D eigenvalue weighted by Gasteiger charge is 2.23. The predicted molar refractivity (Wildman–Crippen MR) is 81.8 cm³/mol. The number of benzene rings is 1. The van der Waals surface area contributed by atoms with Gasteiger partial charge in [-0.15, -0.1) is 0 Å². The maximum Gasteiger partial charge on any atom is 0.335 e. The molecule has 0 aliphatic rings. The fourth-order valence-corrected chi connectivity index (χ4v) is 4.08. The van der Waals surface area contributed by atoms with Crippen LogP contribution >= 0.6 is 15.9 Å². The number of halogens is 1. The number of carboxylic acid groups (broad SMARTS) is 1. The van der Waals surface area contributed by atoms with Crippen LogP contribution in [0.5, 0.6) is 0 Å². The van der Waals surface area contributed by atoms with E-state index in [1.807, 2.05) is 13.8 Å². The van der Waals surface area contributed by atoms with Gasteiger partial charge < -0.3 is 10.2 Å². The predicted octanol–water partition coefficient (Wildman–Crippen LogP) is 1.83. The van der Waals surface area contributed by atoms with Gasteiger partial charge in [-0.05, 0) is 46.5 Å². The van der Waals surface area contributed by atoms with E-state index in [1.165, 1.54) is 12.1 Å². The second-order valence-electron chi connectivity index (χ2n) is 5.08. The Morgan fingerprint density at radius 1 is 1.38 bits per heavy atom. The molecule has 6 nitrogen and oxygen atoms in total. The van der Waals surface area contributed by atoms with Crippen molar-refractivity contribution in [2.75, 3.05) is 6.61 Å². The van der Waals surface area contributed by atoms with E-state index in [0.29, 0.717) is 6.42 Å². The van der Waals surface area contributed by atoms with Gasteiger partial charge in [-0.1, -0.05) is 13.8 Å². The summed E-state index contributed by atoms with van der Waals surface area (Å²) in [5, 5.41) is 18.2. The van der Waals surface area contributed by atoms with E-state index >= 15 is 0 Å². The third-order valence-corrected chi connectivity index (χ3v) is 5.28. The molecular weight excluding hydrogens is 362 g/mol. The molecule has 0 heterocycles. The normalized spacial score (nSPS) is 13.4. The summed E-state index contributed by atoms with van der Waals surface area (Å²) in [6.07, 6.45) is 0.478. The van der Waals surface area contributed by atoms with Crippen LogP contribution in [0.4, 0.5) is 0 Å². The number of sulfonamides is 1. The second kappa shape index (κ2) is 7.35. The SMILES string of the molecule is CC(C)CC(CO)NS(=O)(=O)c1cc(C(=O)O)ccc1Br. The molecule has 1 rings (SSSR count). The lowest BCUT2D eigenvalue weighted by atomic mass is 10.1. The van der Waals surface area contributed by atoms with Gasteiger partial charge in [-0.2, -0.15) is 0 Å². The second-order valence-corrected chi connectivity index (χ2v) is 7.62. The summed E-state index contributed by atoms with van der Waals surface area (Å²) in [6.45, 7) is 3.50. The number of hydrogen-bond acceptors (Lipinski definition) is 4. The number of aliphatic hydroxyl groups is 1. The fourth-order valence-electron chi connectivity index (χ4n) is 1.85. The first-order valence-electron chi connectivity index (χ1n) is 6.33. The molecule has 118 valence electrons. The van der Waals surface area contributed by atoms with Gasteiger partial charge >= 0.3 is 5.97 Å². The summed E-state index contributed by atoms with van der Waals surface area (Å²) in [4.78, 5) is 10.8. The van der Waals surface area contributed by atoms with Crippen molar-refractivity contribution in [3.63, 3.8) is 0 Å². The zero-order valence-electron chi connectivity index (χ0n) is 11.7. The Hall–Kier alpha value is -0.960. The summed E-state index contributed by atoms with van der Waals surface area (Å²) in [7, 11) is -3.92. The number of aromatic carboxylic acids is 1. The zero-order valence-corrected chi connectivity index (χ0v) is 14.1. The molecule has 0 saturated carbocycles. The summed E-state index contributed by atoms with van der Waals surface area (Å²) in [5.74, 6) is -1.00. The van der Waals surface area contributed by atoms with E-state index in [2.05, 4.69) is 20.7 Å². The van der Waals surface area contributed by atoms with Crippen molar-refractivity contribution in [3.05, 3.63) is 28.2 Å². The Morgan fingerprint density at radius 2 is 2.00 bits per heavy atom. The number of rotatable bonds is 7. The molecule has 1 unspecified atom stereocenters. The monoisotopic (exact) mass is 379 g/mol. The topological polar surface area (TPSA) is 104 Å². The smallest absolute Gasteiger partial charge is 0.335 e. The molecule has 8 heteroatoms. The Labute approximate surface area is 132 Å². The lowest BCUT2D eigenvalue weighted by Crippen LogP contribution is -2.38. The molecule has 1 atom stereocenters. The van der Waals surface area contributed by atoms with Crippen LogP contribution in [-0.2, 0) is 10.0 Å². The lowest BCUT2D eigenvalue weighted by Gasteiger charge is -2.19. The number of nitrogens with one attached hydrogen (secondary N) is 1. The van der Waals surface area contributed by atoms with Crippen molar-refractivity contribution in [2.45, 2.75) is 31.2 Å². The minimum Gasteiger partial charge on any atom is -0.478 e. The minimum atomic E-state index is -3.92. The van der Waals surface area contributed by atoms with Gasteiger partial charge in [0.15, 0.2) is 0 Å². The molecule has 1 aromatic carbocycles. The Kier molecular flexibility index (Phi) is 6.33. The van der Waals surface area contributed by atoms with E-state index in [-0.39, 0.29) is 27.5 Å². The van der Waals surface area contributed by atoms with Crippen molar-refractivity contribution >= 4 is 31.9 Å². The van der Waals surface area contributed by atoms with E-state index in [0.717, 1.165) is 6.07 Å². The molecule has 1 aromatic rings. The molecule has 21 heavy (non-hydrogen) atoms. The third kappa shape index (κ3) is 5.06. The first-order chi connectivity index (χ1) is 9.67. The van der Waals surface area contributed by atoms with Gasteiger partial charge in [0.25, 0.3) is 0 Å². The van der Waals surface area contributed by atoms with E-state index in [1.54, 1.807) is 0 Å². The molecule has 0 spiro atoms. The highest BCUT2D eigenvalue weighted by Crippen LogP contribution is 2.24. The van der Waals surface area contributed by atoms with E-state index < -0.39 is 22.0 Å². The fraction of sp³-hybridized carbons (Fsp3) is 0.462. The zero-order chi connectivity index (χ0) is 16.2. The molecule has 0 fully saturated rings. The van der Waals surface area contributed by atoms with Crippen molar-refractivity contribution in [1.82, 2.24) is 4.72 Å². The molecule has 0 saturated heterocycles. The summed E-state index contributed by atoms with van der Waals surface area (Å²) < 4.78 is 27.3. The number of carboxylic acids is 1. The molecule has 0 bridgehead atoms. The van der Waals surface area contributed by atoms with Crippen molar-refractivity contribution in [3.8, 4) is 0 Å². The van der Waals surface area contributed by atoms with Gasteiger partial charge in [-0.3, -0.25) is 0 Å². The van der Waals surface area contributed by atoms with Gasteiger partial charge in [0, 0.05) is 10.5 Å². The highest BCUT2D eigenvalue weighted by molar-refractivity contribution is 9.10. The third-order valence-electron chi connectivity index (χ3n) is 2.77. The largest absolute Gasteiger partial charge is 0.478 e. The Balaban J connectivity index is 3.12. The van der Waals surface area contributed by atoms with Crippen molar-refractivity contribution < 1.29 is 23.4 Å². The molecule has 0 aliphatic heterocycles. The maximum atomic E-state index is 12.3. The Morgan fingerprint density at radius 3 is 2.48 bits per heavy atom. The van der Waals surface area contributed by atoms with Gasteiger partial charge in [0.05, 0.1) is 17.1 Å². The molecule has 0 aliphatic carbocycles. The molecular formula is C13H18BrNO5S. The van der Waals surface area contributed by atoms with Crippen LogP contribution in [0.1, 0.15) is 30.6 Å². The first-order valence-corrected chi connectivity index (χ1v) is 8.61. The Bertz CT molecular complexity index is 615. The van der Waals surface area contributed by atoms with Crippen LogP contribution < -0.4 is 4.72 Å². The molecule has 0 aromatic heterocycles. The maximum absolute atomic E-state index is 12.3. The van der Waals surface area contributed by atoms with Gasteiger partial charge in [-0.25, -0.2) is 17.9 Å². The average molecular weight is 380 g/mol. The highest BCUT2D eigenvalue weighted by atomic mass is 79.9. The minimum absolute atomic E-state index is 0.122. The van der Waals surface area contributed by atoms with Crippen LogP contribution in [0.25, 0.3) is 0 Å². The standard InChI is InChI=1S/C13H18BrNO5S/c1-8(2)5-10(7-16)15-21(19,20)12-6-9(13(17)18)3-4-11(12)14/h3-4,6,8,10,15-16H,5,7H2,1-2H3,(H,17,18). The van der Waals surface area contributed by atoms with Crippen LogP contribution in [-0.4, -0.2) is 37.2 Å². The quantitative estimate of drug-likeness (QED) is 0.670. The molecule has 3 N–H and O–H groups in total. The average Bonchev–Trinajstić information content (AvgIpc) is 2.36. The van der Waals surface area contributed by atoms with Crippen molar-refractivity contribution in [2.24, 2.45) is 5.92 Å². The summed E-state index contributed by atoms with van der Waals surface area (Å²) >= 11 is 3.10. The number of hydrogen-bond donors (Lipinski definition) is 3. The summed E-state index contributed by atoms with van der Waals surface area (Å²) in [6, 6.07) is 3.14. The van der Waals surface area contributed by atoms with Crippen LogP contribution in [0.15, 0.2) is 27.6 Å². The van der Waals surface area contributed by atoms with E-state index in [9.17, 15) is 18.3 Å². The van der Waals surface area contributed by atoms with Crippen molar-refractivity contribution in [1.29, 1.82) is 0 Å². The molecule has 0 amide bonds. The summed E-state index contributed by atoms with van der Waals surface area (Å²) in [5.41, 5.74) is -0.122. The lowest BCUT2D eigenvalue weighted by molar-refractivity contribution is 0.0696. The number of carbonyl (C=O) groups is 1. The van der Waals surface area contributed by atoms with Gasteiger partial charge in [0.2, 0.25) is 10.0 Å². The van der Waals surface area contributed by atoms with Crippen LogP contribution in [0.2, 0.25) is 0 Å². The van der Waals surface area contributed by atoms with E-state index in [4.69, 9.17) is 5.11 Å². The van der Waals surface area contributed by atoms with Gasteiger partial charge in [0.1, 0.15) is 0 Å².